The van der Waals surface area contributed by atoms with E-state index in [1.54, 1.807) is 27.7 Å². The molecule has 0 spiro atoms. The van der Waals surface area contributed by atoms with Crippen molar-refractivity contribution >= 4 is 28.3 Å². The van der Waals surface area contributed by atoms with Crippen molar-refractivity contribution < 1.29 is 122 Å². The number of benzene rings is 2. The predicted octanol–water partition coefficient (Wildman–Crippen LogP) is 0.322. The molecule has 7 unspecified atom stereocenters. The van der Waals surface area contributed by atoms with Crippen molar-refractivity contribution in [2.75, 3.05) is 7.11 Å². The van der Waals surface area contributed by atoms with E-state index in [-0.39, 0.29) is 71.7 Å². The molecule has 8 rings (SSSR count). The van der Waals surface area contributed by atoms with Gasteiger partial charge in [0.1, 0.15) is 72.2 Å². The SMILES string of the molecule is CO[C@H](C(=O)[C@@H](O)[C@@H](C)O)[C@@H]1Cc2cc3cc(O[C@H]4CC(O[C@H]5CC(OC(C)=O)[C@H](O)C(C)O5)[C@H](O)C(C)O4)c(C)c(O)c3c(O)c2C(=O)[C@H]1O[C@H]1C[C@@H](O[C@H]2C[C@@H](O[C@H]3C[C@](C)(O)[C@H](O)C(C)O3)[C@@H](O)C(C)O2)[C@H](O)C(C)O1. The van der Waals surface area contributed by atoms with Crippen LogP contribution < -0.4 is 4.74 Å². The molecule has 0 bridgehead atoms. The standard InChI is InChI=1S/C54H78O25/c1-19-30(75-35-15-32(45(60)22(4)69-35)76-36-14-31(74-26(8)56)44(59)21(3)70-36)13-28-11-27-12-29(51(68-10)50(65)43(58)20(2)55)52(49(64)41(27)48(63)40(28)42(19)57)79-38-17-33(46(61)24(6)72-38)77-37-16-34(47(62)23(5)71-37)78-39-18-54(9,67)53(66)25(7)73-39/h11,13,20-25,29,31-39,43-47,51-53,55,57-63,66-67H,12,14-18H2,1-10H3/t20-,21?,22?,23?,24?,25?,29+,31?,32?,33-,34-,35+,36+,37+,38+,39+,43+,44-,45-,46-,47+,51+,52+,53-,54+/m1/s1. The Bertz CT molecular complexity index is 2490. The van der Waals surface area contributed by atoms with Crippen molar-refractivity contribution in [1.82, 2.24) is 0 Å². The minimum atomic E-state index is -1.96. The molecular formula is C54H78O25. The van der Waals surface area contributed by atoms with Gasteiger partial charge in [-0.3, -0.25) is 14.4 Å². The van der Waals surface area contributed by atoms with Crippen LogP contribution in [-0.4, -0.2) is 223 Å². The molecule has 5 saturated heterocycles. The number of methoxy groups -OCH3 is 1. The molecule has 1 aliphatic carbocycles. The van der Waals surface area contributed by atoms with Gasteiger partial charge in [-0.2, -0.15) is 0 Å². The molecule has 0 aromatic heterocycles. The van der Waals surface area contributed by atoms with E-state index in [4.69, 9.17) is 56.8 Å². The Labute approximate surface area is 456 Å². The average molecular weight is 1130 g/mol. The van der Waals surface area contributed by atoms with E-state index in [2.05, 4.69) is 0 Å². The molecule has 2 aromatic carbocycles. The van der Waals surface area contributed by atoms with Gasteiger partial charge in [0.15, 0.2) is 36.7 Å². The number of aromatic hydroxyl groups is 2. The number of rotatable bonds is 16. The van der Waals surface area contributed by atoms with Crippen LogP contribution in [0.5, 0.6) is 17.2 Å². The largest absolute Gasteiger partial charge is 0.507 e. The first-order valence-corrected chi connectivity index (χ1v) is 26.9. The zero-order valence-electron chi connectivity index (χ0n) is 45.8. The number of Topliss-reactive ketones (excluding diaryl/α,β-unsaturated/α-hetero) is 2. The Kier molecular flexibility index (Phi) is 19.1. The summed E-state index contributed by atoms with van der Waals surface area (Å²) in [4.78, 5) is 40.7. The van der Waals surface area contributed by atoms with Crippen LogP contribution in [0.25, 0.3) is 10.8 Å². The number of phenols is 2. The van der Waals surface area contributed by atoms with Crippen LogP contribution in [-0.2, 0) is 68.1 Å². The van der Waals surface area contributed by atoms with Gasteiger partial charge in [0, 0.05) is 57.6 Å². The second kappa shape index (κ2) is 24.6. The summed E-state index contributed by atoms with van der Waals surface area (Å²) in [6, 6.07) is 3.02. The maximum Gasteiger partial charge on any atom is 0.302 e. The number of hydrogen-bond donors (Lipinski definition) is 10. The first-order valence-electron chi connectivity index (χ1n) is 26.9. The molecule has 0 radical (unpaired) electrons. The molecule has 2 aromatic rings. The molecule has 79 heavy (non-hydrogen) atoms. The van der Waals surface area contributed by atoms with Crippen molar-refractivity contribution in [3.8, 4) is 17.2 Å². The lowest BCUT2D eigenvalue weighted by Crippen LogP contribution is -2.58. The van der Waals surface area contributed by atoms with E-state index in [9.17, 15) is 60.7 Å². The first kappa shape index (κ1) is 61.3. The van der Waals surface area contributed by atoms with Gasteiger partial charge < -0.3 is 108 Å². The Morgan fingerprint density at radius 3 is 1.66 bits per heavy atom. The number of ether oxygens (including phenoxy) is 12. The summed E-state index contributed by atoms with van der Waals surface area (Å²) in [5.74, 6) is -4.73. The van der Waals surface area contributed by atoms with Gasteiger partial charge in [-0.15, -0.1) is 0 Å². The van der Waals surface area contributed by atoms with Crippen molar-refractivity contribution in [1.29, 1.82) is 0 Å². The predicted molar refractivity (Wildman–Crippen MR) is 268 cm³/mol. The molecule has 6 aliphatic rings. The van der Waals surface area contributed by atoms with Gasteiger partial charge in [0.05, 0.1) is 71.5 Å². The molecular weight excluding hydrogens is 1050 g/mol. The molecule has 5 fully saturated rings. The zero-order chi connectivity index (χ0) is 57.8. The van der Waals surface area contributed by atoms with Crippen molar-refractivity contribution in [3.05, 3.63) is 28.8 Å². The fraction of sp³-hybridized carbons (Fsp3) is 0.759. The fourth-order valence-electron chi connectivity index (χ4n) is 11.7. The second-order valence-corrected chi connectivity index (χ2v) is 22.3. The Morgan fingerprint density at radius 2 is 1.15 bits per heavy atom. The summed E-state index contributed by atoms with van der Waals surface area (Å²) in [6.07, 6.45) is -27.1. The average Bonchev–Trinajstić information content (AvgIpc) is 3.54. The van der Waals surface area contributed by atoms with Crippen LogP contribution in [0.1, 0.15) is 109 Å². The Balaban J connectivity index is 1.04. The summed E-state index contributed by atoms with van der Waals surface area (Å²) in [5, 5.41) is 111. The highest BCUT2D eigenvalue weighted by atomic mass is 16.7. The lowest BCUT2D eigenvalue weighted by molar-refractivity contribution is -0.334. The summed E-state index contributed by atoms with van der Waals surface area (Å²) < 4.78 is 72.1. The quantitative estimate of drug-likeness (QED) is 0.101. The van der Waals surface area contributed by atoms with Gasteiger partial charge in [-0.05, 0) is 84.9 Å². The van der Waals surface area contributed by atoms with Crippen LogP contribution in [0.15, 0.2) is 12.1 Å². The number of ketones is 2. The maximum absolute atomic E-state index is 15.1. The molecule has 10 N–H and O–H groups in total. The smallest absolute Gasteiger partial charge is 0.302 e. The molecule has 25 nitrogen and oxygen atoms in total. The van der Waals surface area contributed by atoms with Crippen LogP contribution in [0, 0.1) is 12.8 Å². The van der Waals surface area contributed by atoms with E-state index >= 15 is 4.79 Å². The Hall–Kier alpha value is -3.81. The monoisotopic (exact) mass is 1130 g/mol. The molecule has 0 amide bonds. The molecule has 0 saturated carbocycles. The molecule has 444 valence electrons. The topological polar surface area (TPSA) is 364 Å². The van der Waals surface area contributed by atoms with E-state index in [1.165, 1.54) is 53.9 Å². The van der Waals surface area contributed by atoms with Gasteiger partial charge >= 0.3 is 5.97 Å². The molecule has 5 aliphatic heterocycles. The van der Waals surface area contributed by atoms with Crippen LogP contribution >= 0.6 is 0 Å². The zero-order valence-corrected chi connectivity index (χ0v) is 45.8. The van der Waals surface area contributed by atoms with Gasteiger partial charge in [0.25, 0.3) is 0 Å². The number of fused-ring (bicyclic) bond motifs is 2. The van der Waals surface area contributed by atoms with Crippen LogP contribution in [0.2, 0.25) is 0 Å². The van der Waals surface area contributed by atoms with E-state index in [0.29, 0.717) is 0 Å². The summed E-state index contributed by atoms with van der Waals surface area (Å²) in [7, 11) is 1.18. The third-order valence-electron chi connectivity index (χ3n) is 16.2. The number of esters is 1. The van der Waals surface area contributed by atoms with Gasteiger partial charge in [-0.25, -0.2) is 0 Å². The molecule has 25 heteroatoms. The molecule has 25 atom stereocenters. The van der Waals surface area contributed by atoms with Crippen molar-refractivity contribution in [2.24, 2.45) is 5.92 Å². The van der Waals surface area contributed by atoms with Gasteiger partial charge in [0.2, 0.25) is 6.29 Å². The summed E-state index contributed by atoms with van der Waals surface area (Å²) >= 11 is 0. The van der Waals surface area contributed by atoms with Gasteiger partial charge in [-0.1, -0.05) is 0 Å². The minimum Gasteiger partial charge on any atom is -0.507 e. The Morgan fingerprint density at radius 1 is 0.684 bits per heavy atom. The number of aliphatic hydroxyl groups excluding tert-OH is 7. The maximum atomic E-state index is 15.1. The highest BCUT2D eigenvalue weighted by Crippen LogP contribution is 2.48. The van der Waals surface area contributed by atoms with Crippen molar-refractivity contribution in [3.63, 3.8) is 0 Å². The van der Waals surface area contributed by atoms with Crippen LogP contribution in [0.3, 0.4) is 0 Å². The van der Waals surface area contributed by atoms with E-state index < -0.39 is 182 Å². The lowest BCUT2D eigenvalue weighted by atomic mass is 9.75. The van der Waals surface area contributed by atoms with E-state index in [0.717, 1.165) is 0 Å². The highest BCUT2D eigenvalue weighted by Gasteiger charge is 2.52. The number of carbonyl (C=O) groups is 3. The highest BCUT2D eigenvalue weighted by molar-refractivity contribution is 6.11. The second-order valence-electron chi connectivity index (χ2n) is 22.3. The molecule has 5 heterocycles. The third kappa shape index (κ3) is 12.9. The summed E-state index contributed by atoms with van der Waals surface area (Å²) in [5.41, 5.74) is -1.51. The fourth-order valence-corrected chi connectivity index (χ4v) is 11.7. The normalized spacial score (nSPS) is 41.2. The first-order chi connectivity index (χ1) is 37.1. The number of phenolic OH excluding ortho intramolecular Hbond substituents is 2. The van der Waals surface area contributed by atoms with E-state index in [1.807, 2.05) is 0 Å². The number of aliphatic hydroxyl groups is 8. The van der Waals surface area contributed by atoms with Crippen LogP contribution in [0.4, 0.5) is 0 Å². The minimum absolute atomic E-state index is 0.0244. The number of hydrogen-bond acceptors (Lipinski definition) is 25. The summed E-state index contributed by atoms with van der Waals surface area (Å²) in [6.45, 7) is 13.3. The third-order valence-corrected chi connectivity index (χ3v) is 16.2. The lowest BCUT2D eigenvalue weighted by Gasteiger charge is -2.46. The van der Waals surface area contributed by atoms with Crippen molar-refractivity contribution in [2.45, 2.75) is 248 Å². The number of carbonyl (C=O) groups excluding carboxylic acids is 3.